The van der Waals surface area contributed by atoms with Crippen molar-refractivity contribution in [3.05, 3.63) is 87.8 Å². The third-order valence-corrected chi connectivity index (χ3v) is 4.96. The van der Waals surface area contributed by atoms with Crippen LogP contribution in [0.25, 0.3) is 11.8 Å². The van der Waals surface area contributed by atoms with Crippen LogP contribution in [0.3, 0.4) is 0 Å². The van der Waals surface area contributed by atoms with Gasteiger partial charge in [-0.05, 0) is 84.1 Å². The molecule has 1 aromatic heterocycles. The largest absolute Gasteiger partial charge is 0.317 e. The molecule has 0 aliphatic carbocycles. The van der Waals surface area contributed by atoms with Crippen molar-refractivity contribution in [3.63, 3.8) is 0 Å². The van der Waals surface area contributed by atoms with E-state index in [1.807, 2.05) is 61.7 Å². The van der Waals surface area contributed by atoms with Crippen LogP contribution < -0.4 is 5.01 Å². The summed E-state index contributed by atoms with van der Waals surface area (Å²) in [6, 6.07) is 21.7. The van der Waals surface area contributed by atoms with Crippen molar-refractivity contribution in [3.8, 4) is 5.69 Å². The standard InChI is InChI=1S/C21H16IN3O/c1-15-20(21(26)25(23-15)18-6-3-2-4-7-18)14-19-8-5-13-24(19)17-11-9-16(22)10-12-17/h2-14H,1H3/b20-14-. The van der Waals surface area contributed by atoms with Gasteiger partial charge in [0, 0.05) is 21.1 Å². The van der Waals surface area contributed by atoms with Crippen LogP contribution >= 0.6 is 22.6 Å². The quantitative estimate of drug-likeness (QED) is 0.411. The summed E-state index contributed by atoms with van der Waals surface area (Å²) in [5, 5.41) is 5.90. The number of hydrogen-bond acceptors (Lipinski definition) is 2. The van der Waals surface area contributed by atoms with Crippen LogP contribution in [0.1, 0.15) is 12.6 Å². The van der Waals surface area contributed by atoms with E-state index in [9.17, 15) is 4.79 Å². The second-order valence-corrected chi connectivity index (χ2v) is 7.22. The summed E-state index contributed by atoms with van der Waals surface area (Å²) in [5.74, 6) is -0.107. The molecular formula is C21H16IN3O. The second-order valence-electron chi connectivity index (χ2n) is 5.98. The first-order valence-electron chi connectivity index (χ1n) is 8.23. The van der Waals surface area contributed by atoms with E-state index in [0.717, 1.165) is 17.1 Å². The average Bonchev–Trinajstić information content (AvgIpc) is 3.23. The molecule has 0 atom stereocenters. The number of hydrogen-bond donors (Lipinski definition) is 0. The molecule has 0 spiro atoms. The molecule has 26 heavy (non-hydrogen) atoms. The van der Waals surface area contributed by atoms with Crippen molar-refractivity contribution in [2.24, 2.45) is 5.10 Å². The van der Waals surface area contributed by atoms with Gasteiger partial charge < -0.3 is 4.57 Å². The lowest BCUT2D eigenvalue weighted by atomic mass is 10.1. The summed E-state index contributed by atoms with van der Waals surface area (Å²) < 4.78 is 3.25. The number of nitrogens with zero attached hydrogens (tertiary/aromatic N) is 3. The first-order chi connectivity index (χ1) is 12.6. The number of benzene rings is 2. The highest BCUT2D eigenvalue weighted by Gasteiger charge is 2.28. The van der Waals surface area contributed by atoms with Gasteiger partial charge in [0.05, 0.1) is 17.0 Å². The molecule has 1 amide bonds. The van der Waals surface area contributed by atoms with Crippen molar-refractivity contribution in [1.29, 1.82) is 0 Å². The first-order valence-corrected chi connectivity index (χ1v) is 9.31. The van der Waals surface area contributed by atoms with E-state index in [1.54, 1.807) is 0 Å². The maximum Gasteiger partial charge on any atom is 0.280 e. The summed E-state index contributed by atoms with van der Waals surface area (Å²) in [7, 11) is 0. The molecule has 1 aliphatic heterocycles. The smallest absolute Gasteiger partial charge is 0.280 e. The minimum Gasteiger partial charge on any atom is -0.317 e. The minimum absolute atomic E-state index is 0.107. The highest BCUT2D eigenvalue weighted by atomic mass is 127. The van der Waals surface area contributed by atoms with Crippen molar-refractivity contribution in [2.45, 2.75) is 6.92 Å². The van der Waals surface area contributed by atoms with Gasteiger partial charge >= 0.3 is 0 Å². The molecule has 0 unspecified atom stereocenters. The number of carbonyl (C=O) groups is 1. The van der Waals surface area contributed by atoms with Crippen LogP contribution in [-0.4, -0.2) is 16.2 Å². The van der Waals surface area contributed by atoms with E-state index in [1.165, 1.54) is 8.58 Å². The van der Waals surface area contributed by atoms with Gasteiger partial charge in [0.15, 0.2) is 0 Å². The van der Waals surface area contributed by atoms with Crippen molar-refractivity contribution in [1.82, 2.24) is 4.57 Å². The van der Waals surface area contributed by atoms with Gasteiger partial charge in [-0.25, -0.2) is 0 Å². The molecule has 4 rings (SSSR count). The number of hydrazone groups is 1. The fourth-order valence-corrected chi connectivity index (χ4v) is 3.28. The molecule has 2 aromatic carbocycles. The Kier molecular flexibility index (Phi) is 4.46. The molecule has 128 valence electrons. The molecule has 2 heterocycles. The van der Waals surface area contributed by atoms with Gasteiger partial charge in [-0.1, -0.05) is 18.2 Å². The molecular weight excluding hydrogens is 437 g/mol. The zero-order valence-corrected chi connectivity index (χ0v) is 16.3. The van der Waals surface area contributed by atoms with E-state index in [0.29, 0.717) is 11.3 Å². The van der Waals surface area contributed by atoms with E-state index < -0.39 is 0 Å². The lowest BCUT2D eigenvalue weighted by molar-refractivity contribution is -0.114. The van der Waals surface area contributed by atoms with Gasteiger partial charge in [-0.2, -0.15) is 10.1 Å². The average molecular weight is 453 g/mol. The maximum absolute atomic E-state index is 12.9. The van der Waals surface area contributed by atoms with Crippen molar-refractivity contribution >= 4 is 46.0 Å². The third kappa shape index (κ3) is 3.10. The van der Waals surface area contributed by atoms with Crippen molar-refractivity contribution < 1.29 is 4.79 Å². The molecule has 0 N–H and O–H groups in total. The maximum atomic E-state index is 12.9. The zero-order valence-electron chi connectivity index (χ0n) is 14.1. The van der Waals surface area contributed by atoms with Crippen LogP contribution in [0, 0.1) is 3.57 Å². The molecule has 3 aromatic rings. The molecule has 1 aliphatic rings. The van der Waals surface area contributed by atoms with Crippen LogP contribution in [0.2, 0.25) is 0 Å². The van der Waals surface area contributed by atoms with Gasteiger partial charge in [-0.15, -0.1) is 0 Å². The Balaban J connectivity index is 1.70. The van der Waals surface area contributed by atoms with Crippen LogP contribution in [0.15, 0.2) is 83.6 Å². The molecule has 0 saturated carbocycles. The second kappa shape index (κ2) is 6.92. The Bertz CT molecular complexity index is 1020. The Morgan fingerprint density at radius 1 is 0.923 bits per heavy atom. The van der Waals surface area contributed by atoms with Gasteiger partial charge in [0.1, 0.15) is 0 Å². The number of amides is 1. The van der Waals surface area contributed by atoms with E-state index in [4.69, 9.17) is 0 Å². The number of halogens is 1. The van der Waals surface area contributed by atoms with E-state index in [-0.39, 0.29) is 5.91 Å². The predicted molar refractivity (Wildman–Crippen MR) is 114 cm³/mol. The normalized spacial score (nSPS) is 15.6. The summed E-state index contributed by atoms with van der Waals surface area (Å²) in [4.78, 5) is 12.9. The Morgan fingerprint density at radius 2 is 1.65 bits per heavy atom. The molecule has 4 nitrogen and oxygen atoms in total. The van der Waals surface area contributed by atoms with E-state index in [2.05, 4.69) is 56.5 Å². The molecule has 0 fully saturated rings. The Morgan fingerprint density at radius 3 is 2.38 bits per heavy atom. The number of carbonyl (C=O) groups excluding carboxylic acids is 1. The van der Waals surface area contributed by atoms with Gasteiger partial charge in [0.2, 0.25) is 0 Å². The van der Waals surface area contributed by atoms with Gasteiger partial charge in [-0.3, -0.25) is 4.79 Å². The fraction of sp³-hybridized carbons (Fsp3) is 0.0476. The number of aromatic nitrogens is 1. The molecule has 0 bridgehead atoms. The monoisotopic (exact) mass is 453 g/mol. The highest BCUT2D eigenvalue weighted by Crippen LogP contribution is 2.25. The van der Waals surface area contributed by atoms with Crippen LogP contribution in [-0.2, 0) is 4.79 Å². The van der Waals surface area contributed by atoms with Crippen LogP contribution in [0.5, 0.6) is 0 Å². The summed E-state index contributed by atoms with van der Waals surface area (Å²) >= 11 is 2.29. The number of para-hydroxylation sites is 1. The Hall–Kier alpha value is -2.67. The first kappa shape index (κ1) is 16.8. The zero-order chi connectivity index (χ0) is 18.1. The Labute approximate surface area is 165 Å². The topological polar surface area (TPSA) is 37.6 Å². The fourth-order valence-electron chi connectivity index (χ4n) is 2.92. The minimum atomic E-state index is -0.107. The van der Waals surface area contributed by atoms with E-state index >= 15 is 0 Å². The lowest BCUT2D eigenvalue weighted by Crippen LogP contribution is -2.21. The molecule has 0 radical (unpaired) electrons. The lowest BCUT2D eigenvalue weighted by Gasteiger charge is -2.11. The third-order valence-electron chi connectivity index (χ3n) is 4.24. The molecule has 5 heteroatoms. The summed E-state index contributed by atoms with van der Waals surface area (Å²) in [5.41, 5.74) is 4.10. The summed E-state index contributed by atoms with van der Waals surface area (Å²) in [6.07, 6.45) is 3.90. The van der Waals surface area contributed by atoms with Gasteiger partial charge in [0.25, 0.3) is 5.91 Å². The van der Waals surface area contributed by atoms with Crippen molar-refractivity contribution in [2.75, 3.05) is 5.01 Å². The SMILES string of the molecule is CC1=NN(c2ccccc2)C(=O)/C1=C\c1cccn1-c1ccc(I)cc1. The highest BCUT2D eigenvalue weighted by molar-refractivity contribution is 14.1. The summed E-state index contributed by atoms with van der Waals surface area (Å²) in [6.45, 7) is 1.87. The number of rotatable bonds is 3. The molecule has 0 saturated heterocycles. The van der Waals surface area contributed by atoms with Crippen LogP contribution in [0.4, 0.5) is 5.69 Å². The number of anilines is 1. The predicted octanol–water partition coefficient (Wildman–Crippen LogP) is 4.89.